The highest BCUT2D eigenvalue weighted by Crippen LogP contribution is 2.18. The second kappa shape index (κ2) is 5.53. The van der Waals surface area contributed by atoms with E-state index in [4.69, 9.17) is 0 Å². The number of amidine groups is 1. The lowest BCUT2D eigenvalue weighted by Gasteiger charge is -2.30. The Labute approximate surface area is 105 Å². The van der Waals surface area contributed by atoms with Gasteiger partial charge in [-0.3, -0.25) is 14.6 Å². The van der Waals surface area contributed by atoms with Gasteiger partial charge < -0.3 is 10.2 Å². The van der Waals surface area contributed by atoms with Crippen LogP contribution in [0, 0.1) is 5.92 Å². The number of hydrogen-bond donors (Lipinski definition) is 1. The van der Waals surface area contributed by atoms with Crippen molar-refractivity contribution >= 4 is 28.7 Å². The molecule has 2 amide bonds. The first-order valence-electron chi connectivity index (χ1n) is 5.90. The summed E-state index contributed by atoms with van der Waals surface area (Å²) in [7, 11) is 0. The topological polar surface area (TPSA) is 61.8 Å². The van der Waals surface area contributed by atoms with Crippen molar-refractivity contribution in [1.82, 2.24) is 10.2 Å². The van der Waals surface area contributed by atoms with Crippen molar-refractivity contribution in [3.63, 3.8) is 0 Å². The van der Waals surface area contributed by atoms with Gasteiger partial charge in [0.2, 0.25) is 11.8 Å². The lowest BCUT2D eigenvalue weighted by molar-refractivity contribution is -0.133. The Balaban J connectivity index is 1.79. The molecule has 0 aliphatic carbocycles. The number of hydrogen-bond acceptors (Lipinski definition) is 4. The van der Waals surface area contributed by atoms with Gasteiger partial charge in [0.1, 0.15) is 0 Å². The average Bonchev–Trinajstić information content (AvgIpc) is 2.82. The van der Waals surface area contributed by atoms with Gasteiger partial charge in [-0.05, 0) is 12.8 Å². The molecule has 0 aromatic carbocycles. The van der Waals surface area contributed by atoms with E-state index >= 15 is 0 Å². The summed E-state index contributed by atoms with van der Waals surface area (Å²) in [4.78, 5) is 29.1. The summed E-state index contributed by atoms with van der Waals surface area (Å²) in [6, 6.07) is 0. The standard InChI is InChI=1S/C11H17N3O2S/c1-8(15)14-5-2-9(3-6-14)10(16)13-11-12-4-7-17-11/h9H,2-7H2,1H3,(H,12,13,16). The van der Waals surface area contributed by atoms with Crippen molar-refractivity contribution in [3.05, 3.63) is 0 Å². The number of amides is 2. The highest BCUT2D eigenvalue weighted by molar-refractivity contribution is 8.14. The summed E-state index contributed by atoms with van der Waals surface area (Å²) in [5, 5.41) is 3.62. The van der Waals surface area contributed by atoms with Crippen LogP contribution in [0.3, 0.4) is 0 Å². The Morgan fingerprint density at radius 2 is 2.12 bits per heavy atom. The van der Waals surface area contributed by atoms with Gasteiger partial charge in [0.05, 0.1) is 6.54 Å². The summed E-state index contributed by atoms with van der Waals surface area (Å²) >= 11 is 1.59. The minimum atomic E-state index is 0.0227. The third kappa shape index (κ3) is 3.21. The van der Waals surface area contributed by atoms with Crippen molar-refractivity contribution in [2.75, 3.05) is 25.4 Å². The monoisotopic (exact) mass is 255 g/mol. The zero-order valence-corrected chi connectivity index (χ0v) is 10.8. The van der Waals surface area contributed by atoms with Crippen LogP contribution < -0.4 is 5.32 Å². The van der Waals surface area contributed by atoms with Crippen molar-refractivity contribution in [3.8, 4) is 0 Å². The molecule has 2 heterocycles. The van der Waals surface area contributed by atoms with E-state index in [0.717, 1.165) is 30.3 Å². The predicted octanol–water partition coefficient (Wildman–Crippen LogP) is 0.464. The van der Waals surface area contributed by atoms with Gasteiger partial charge in [-0.1, -0.05) is 11.8 Å². The fourth-order valence-electron chi connectivity index (χ4n) is 2.07. The van der Waals surface area contributed by atoms with Gasteiger partial charge in [0.25, 0.3) is 0 Å². The van der Waals surface area contributed by atoms with Crippen LogP contribution in [0.5, 0.6) is 0 Å². The molecule has 2 aliphatic rings. The van der Waals surface area contributed by atoms with E-state index < -0.39 is 0 Å². The lowest BCUT2D eigenvalue weighted by atomic mass is 9.96. The van der Waals surface area contributed by atoms with E-state index in [0.29, 0.717) is 13.1 Å². The Bertz CT molecular complexity index is 349. The van der Waals surface area contributed by atoms with E-state index in [1.54, 1.807) is 23.6 Å². The number of nitrogens with zero attached hydrogens (tertiary/aromatic N) is 2. The third-order valence-corrected chi connectivity index (χ3v) is 4.02. The molecular weight excluding hydrogens is 238 g/mol. The van der Waals surface area contributed by atoms with E-state index in [1.165, 1.54) is 0 Å². The molecule has 6 heteroatoms. The average molecular weight is 255 g/mol. The van der Waals surface area contributed by atoms with Crippen LogP contribution in [0.25, 0.3) is 0 Å². The van der Waals surface area contributed by atoms with E-state index in [2.05, 4.69) is 10.3 Å². The smallest absolute Gasteiger partial charge is 0.229 e. The van der Waals surface area contributed by atoms with Crippen LogP contribution in [0.4, 0.5) is 0 Å². The molecule has 2 rings (SSSR count). The molecular formula is C11H17N3O2S. The highest BCUT2D eigenvalue weighted by Gasteiger charge is 2.26. The molecule has 1 saturated heterocycles. The number of piperidine rings is 1. The highest BCUT2D eigenvalue weighted by atomic mass is 32.2. The van der Waals surface area contributed by atoms with Crippen molar-refractivity contribution in [1.29, 1.82) is 0 Å². The van der Waals surface area contributed by atoms with Gasteiger partial charge in [0.15, 0.2) is 5.17 Å². The second-order valence-corrected chi connectivity index (χ2v) is 5.39. The van der Waals surface area contributed by atoms with Crippen molar-refractivity contribution in [2.24, 2.45) is 10.9 Å². The molecule has 1 fully saturated rings. The molecule has 0 spiro atoms. The molecule has 2 aliphatic heterocycles. The third-order valence-electron chi connectivity index (χ3n) is 3.13. The molecule has 0 radical (unpaired) electrons. The fourth-order valence-corrected chi connectivity index (χ4v) is 2.81. The normalized spacial score (nSPS) is 21.2. The van der Waals surface area contributed by atoms with Crippen molar-refractivity contribution < 1.29 is 9.59 Å². The molecule has 0 atom stereocenters. The Morgan fingerprint density at radius 1 is 1.41 bits per heavy atom. The minimum absolute atomic E-state index is 0.0227. The number of nitrogens with one attached hydrogen (secondary N) is 1. The number of likely N-dealkylation sites (tertiary alicyclic amines) is 1. The van der Waals surface area contributed by atoms with Gasteiger partial charge in [-0.15, -0.1) is 0 Å². The summed E-state index contributed by atoms with van der Waals surface area (Å²) in [5.41, 5.74) is 0. The molecule has 0 bridgehead atoms. The predicted molar refractivity (Wildman–Crippen MR) is 67.9 cm³/mol. The number of rotatable bonds is 1. The number of aliphatic imine (C=N–C) groups is 1. The second-order valence-electron chi connectivity index (χ2n) is 4.30. The molecule has 17 heavy (non-hydrogen) atoms. The maximum Gasteiger partial charge on any atom is 0.229 e. The SMILES string of the molecule is CC(=O)N1CCC(C(=O)NC2=NCCS2)CC1. The van der Waals surface area contributed by atoms with E-state index in [9.17, 15) is 9.59 Å². The Morgan fingerprint density at radius 3 is 2.65 bits per heavy atom. The largest absolute Gasteiger partial charge is 0.343 e. The van der Waals surface area contributed by atoms with Gasteiger partial charge >= 0.3 is 0 Å². The molecule has 1 N–H and O–H groups in total. The summed E-state index contributed by atoms with van der Waals surface area (Å²) in [6.07, 6.45) is 1.51. The van der Waals surface area contributed by atoms with Crippen LogP contribution in [-0.4, -0.2) is 47.3 Å². The van der Waals surface area contributed by atoms with Crippen LogP contribution in [0.15, 0.2) is 4.99 Å². The Kier molecular flexibility index (Phi) is 4.04. The maximum atomic E-state index is 11.9. The molecule has 0 saturated carbocycles. The van der Waals surface area contributed by atoms with Gasteiger partial charge in [-0.2, -0.15) is 0 Å². The van der Waals surface area contributed by atoms with Gasteiger partial charge in [-0.25, -0.2) is 0 Å². The number of carbonyl (C=O) groups excluding carboxylic acids is 2. The number of carbonyl (C=O) groups is 2. The Hall–Kier alpha value is -1.04. The molecule has 0 aromatic heterocycles. The summed E-state index contributed by atoms with van der Waals surface area (Å²) in [6.45, 7) is 3.74. The first-order chi connectivity index (χ1) is 8.16. The summed E-state index contributed by atoms with van der Waals surface area (Å²) in [5.74, 6) is 1.13. The molecule has 5 nitrogen and oxygen atoms in total. The van der Waals surface area contributed by atoms with Crippen LogP contribution in [-0.2, 0) is 9.59 Å². The quantitative estimate of drug-likeness (QED) is 0.740. The van der Waals surface area contributed by atoms with Crippen LogP contribution >= 0.6 is 11.8 Å². The molecule has 0 unspecified atom stereocenters. The minimum Gasteiger partial charge on any atom is -0.343 e. The first-order valence-corrected chi connectivity index (χ1v) is 6.89. The van der Waals surface area contributed by atoms with Crippen molar-refractivity contribution in [2.45, 2.75) is 19.8 Å². The number of thioether (sulfide) groups is 1. The molecule has 94 valence electrons. The zero-order chi connectivity index (χ0) is 12.3. The first kappa shape index (κ1) is 12.4. The molecule has 0 aromatic rings. The van der Waals surface area contributed by atoms with Crippen LogP contribution in [0.2, 0.25) is 0 Å². The van der Waals surface area contributed by atoms with Crippen LogP contribution in [0.1, 0.15) is 19.8 Å². The van der Waals surface area contributed by atoms with E-state index in [1.807, 2.05) is 0 Å². The van der Waals surface area contributed by atoms with E-state index in [-0.39, 0.29) is 17.7 Å². The lowest BCUT2D eigenvalue weighted by Crippen LogP contribution is -2.43. The zero-order valence-electron chi connectivity index (χ0n) is 9.94. The maximum absolute atomic E-state index is 11.9. The summed E-state index contributed by atoms with van der Waals surface area (Å²) < 4.78 is 0. The van der Waals surface area contributed by atoms with Gasteiger partial charge in [0, 0.05) is 31.7 Å². The fraction of sp³-hybridized carbons (Fsp3) is 0.727.